The monoisotopic (exact) mass is 977 g/mol. The number of allylic oxidation sites excluding steroid dienone is 3. The van der Waals surface area contributed by atoms with Crippen LogP contribution in [0.1, 0.15) is 144 Å². The van der Waals surface area contributed by atoms with Crippen LogP contribution in [0.5, 0.6) is 0 Å². The quantitative estimate of drug-likeness (QED) is 0.0205. The molecule has 3 aliphatic rings. The van der Waals surface area contributed by atoms with E-state index in [-0.39, 0.29) is 97.5 Å². The second kappa shape index (κ2) is 29.3. The molecule has 70 heavy (non-hydrogen) atoms. The van der Waals surface area contributed by atoms with Gasteiger partial charge in [-0.2, -0.15) is 0 Å². The Morgan fingerprint density at radius 2 is 1.66 bits per heavy atom. The standard InChI is InChI=1S/C54H84N6O10/c1-9-10-11-12-13-16-48(62)60-50(36(4)5)46(61)29-41(15-14-27-56-52(55)65)51(64)58-42-22-20-40(21-23-42)33-67-53(66)57-32-44-31-54(34-68-54)30-43(70-44)24-18-37(6)19-25-47-38(7)28-45(39(8)69-47)59-49(63)26-17-35(2)3/h17-24,26,35-36,38-39,41,43-45,47,50H,9-16,25,27-34H2,1-8H3,(H,57,66)(H,58,64)(H,59,63)(H,60,62)(H3,55,56,65)/b24-18+,26-17-,37-19+/t38-,39+,41+,43+,44-,45+,47-,50-,54+/m0/s1. The van der Waals surface area contributed by atoms with Crippen LogP contribution in [0.4, 0.5) is 15.3 Å². The van der Waals surface area contributed by atoms with Gasteiger partial charge in [0.2, 0.25) is 17.7 Å². The molecule has 1 aromatic rings. The maximum absolute atomic E-state index is 13.6. The van der Waals surface area contributed by atoms with Crippen LogP contribution in [0, 0.1) is 23.7 Å². The van der Waals surface area contributed by atoms with Crippen LogP contribution in [0.3, 0.4) is 0 Å². The molecule has 0 aromatic heterocycles. The zero-order valence-electron chi connectivity index (χ0n) is 43.2. The number of benzene rings is 1. The second-order valence-corrected chi connectivity index (χ2v) is 20.4. The van der Waals surface area contributed by atoms with Crippen LogP contribution in [-0.2, 0) is 44.7 Å². The molecule has 1 spiro atoms. The van der Waals surface area contributed by atoms with E-state index in [1.807, 2.05) is 40.7 Å². The fourth-order valence-electron chi connectivity index (χ4n) is 8.97. The summed E-state index contributed by atoms with van der Waals surface area (Å²) in [7, 11) is 0. The zero-order valence-corrected chi connectivity index (χ0v) is 43.2. The third-order valence-corrected chi connectivity index (χ3v) is 13.3. The predicted molar refractivity (Wildman–Crippen MR) is 271 cm³/mol. The zero-order chi connectivity index (χ0) is 51.2. The highest BCUT2D eigenvalue weighted by atomic mass is 16.6. The van der Waals surface area contributed by atoms with Gasteiger partial charge in [-0.1, -0.05) is 109 Å². The van der Waals surface area contributed by atoms with Crippen LogP contribution < -0.4 is 32.3 Å². The van der Waals surface area contributed by atoms with Gasteiger partial charge in [0, 0.05) is 50.4 Å². The first kappa shape index (κ1) is 57.5. The molecule has 3 aliphatic heterocycles. The third kappa shape index (κ3) is 21.1. The lowest BCUT2D eigenvalue weighted by molar-refractivity contribution is -0.131. The third-order valence-electron chi connectivity index (χ3n) is 13.3. The van der Waals surface area contributed by atoms with Crippen molar-refractivity contribution in [2.75, 3.05) is 25.0 Å². The summed E-state index contributed by atoms with van der Waals surface area (Å²) < 4.78 is 24.1. The maximum atomic E-state index is 13.6. The van der Waals surface area contributed by atoms with E-state index in [0.29, 0.717) is 49.5 Å². The summed E-state index contributed by atoms with van der Waals surface area (Å²) >= 11 is 0. The Hall–Kier alpha value is -5.06. The number of nitrogens with two attached hydrogens (primary N) is 1. The van der Waals surface area contributed by atoms with E-state index >= 15 is 0 Å². The summed E-state index contributed by atoms with van der Waals surface area (Å²) in [5.41, 5.74) is 7.26. The van der Waals surface area contributed by atoms with E-state index in [1.165, 1.54) is 0 Å². The molecule has 3 heterocycles. The summed E-state index contributed by atoms with van der Waals surface area (Å²) in [6.07, 6.45) is 17.8. The number of carbonyl (C=O) groups excluding carboxylic acids is 6. The molecule has 0 bridgehead atoms. The fourth-order valence-corrected chi connectivity index (χ4v) is 8.97. The van der Waals surface area contributed by atoms with Gasteiger partial charge in [0.05, 0.1) is 48.7 Å². The van der Waals surface area contributed by atoms with E-state index in [1.54, 1.807) is 30.3 Å². The Bertz CT molecular complexity index is 1950. The SMILES string of the molecule is CCCCCCCC(=O)N[C@H](C(=O)C[C@@H](CCCNC(N)=O)C(=O)Nc1ccc(COC(=O)NC[C@@H]2C[C@@]3(CO3)C[C@@H](/C=C/C(C)=C/C[C@@H]3O[C@H](C)[C@H](NC(=O)/C=C\C(C)C)C[C@@H]3C)O2)cc1)C(C)C. The highest BCUT2D eigenvalue weighted by Crippen LogP contribution is 2.42. The van der Waals surface area contributed by atoms with E-state index in [0.717, 1.165) is 56.9 Å². The van der Waals surface area contributed by atoms with Gasteiger partial charge in [0.15, 0.2) is 5.78 Å². The number of urea groups is 1. The average Bonchev–Trinajstić information content (AvgIpc) is 4.06. The highest BCUT2D eigenvalue weighted by molar-refractivity contribution is 5.97. The number of amides is 6. The van der Waals surface area contributed by atoms with Gasteiger partial charge in [-0.3, -0.25) is 19.2 Å². The Labute approximate surface area is 416 Å². The average molecular weight is 977 g/mol. The lowest BCUT2D eigenvalue weighted by Gasteiger charge is -2.39. The van der Waals surface area contributed by atoms with Crippen molar-refractivity contribution in [3.63, 3.8) is 0 Å². The molecule has 6 amide bonds. The molecule has 4 rings (SSSR count). The number of rotatable bonds is 28. The molecular weight excluding hydrogens is 893 g/mol. The van der Waals surface area contributed by atoms with Gasteiger partial charge >= 0.3 is 12.1 Å². The van der Waals surface area contributed by atoms with E-state index < -0.39 is 24.1 Å². The van der Waals surface area contributed by atoms with Crippen molar-refractivity contribution in [2.45, 2.75) is 188 Å². The number of anilines is 1. The van der Waals surface area contributed by atoms with Crippen molar-refractivity contribution >= 4 is 41.3 Å². The Morgan fingerprint density at radius 1 is 0.929 bits per heavy atom. The number of alkyl carbamates (subject to hydrolysis) is 1. The maximum Gasteiger partial charge on any atom is 0.407 e. The first-order chi connectivity index (χ1) is 33.3. The van der Waals surface area contributed by atoms with E-state index in [4.69, 9.17) is 24.7 Å². The number of hydrogen-bond donors (Lipinski definition) is 6. The molecule has 1 aromatic carbocycles. The fraction of sp³-hybridized carbons (Fsp3) is 0.667. The number of ketones is 1. The Kier molecular flexibility index (Phi) is 24.1. The van der Waals surface area contributed by atoms with Gasteiger partial charge in [0.25, 0.3) is 0 Å². The second-order valence-electron chi connectivity index (χ2n) is 20.4. The lowest BCUT2D eigenvalue weighted by Crippen LogP contribution is -2.50. The molecule has 16 heteroatoms. The van der Waals surface area contributed by atoms with Crippen molar-refractivity contribution in [1.82, 2.24) is 21.3 Å². The number of ether oxygens (including phenoxy) is 4. The smallest absolute Gasteiger partial charge is 0.407 e. The largest absolute Gasteiger partial charge is 0.445 e. The topological polar surface area (TPSA) is 229 Å². The Balaban J connectivity index is 1.22. The molecule has 3 saturated heterocycles. The number of unbranched alkanes of at least 4 members (excludes halogenated alkanes) is 4. The molecule has 0 saturated carbocycles. The van der Waals surface area contributed by atoms with Gasteiger partial charge in [0.1, 0.15) is 6.61 Å². The summed E-state index contributed by atoms with van der Waals surface area (Å²) in [4.78, 5) is 76.5. The number of Topliss-reactive ketones (excluding diaryl/α,β-unsaturated/α-hetero) is 1. The van der Waals surface area contributed by atoms with Crippen LogP contribution in [0.25, 0.3) is 0 Å². The molecule has 16 nitrogen and oxygen atoms in total. The first-order valence-electron chi connectivity index (χ1n) is 25.8. The summed E-state index contributed by atoms with van der Waals surface area (Å²) in [5, 5.41) is 14.3. The Morgan fingerprint density at radius 3 is 2.33 bits per heavy atom. The number of hydrogen-bond acceptors (Lipinski definition) is 10. The summed E-state index contributed by atoms with van der Waals surface area (Å²) in [5.74, 6) is -1.15. The number of primary amides is 1. The van der Waals surface area contributed by atoms with Crippen LogP contribution in [-0.4, -0.2) is 97.4 Å². The molecule has 0 radical (unpaired) electrons. The summed E-state index contributed by atoms with van der Waals surface area (Å²) in [6.45, 7) is 17.4. The van der Waals surface area contributed by atoms with Crippen molar-refractivity contribution in [3.05, 3.63) is 65.8 Å². The minimum Gasteiger partial charge on any atom is -0.445 e. The molecule has 0 unspecified atom stereocenters. The molecule has 0 aliphatic carbocycles. The van der Waals surface area contributed by atoms with Gasteiger partial charge in [-0.25, -0.2) is 9.59 Å². The van der Waals surface area contributed by atoms with Crippen molar-refractivity contribution in [2.24, 2.45) is 29.4 Å². The van der Waals surface area contributed by atoms with E-state index in [2.05, 4.69) is 65.6 Å². The van der Waals surface area contributed by atoms with Crippen molar-refractivity contribution in [1.29, 1.82) is 0 Å². The van der Waals surface area contributed by atoms with Crippen LogP contribution >= 0.6 is 0 Å². The normalized spacial score (nSPS) is 24.3. The van der Waals surface area contributed by atoms with Crippen LogP contribution in [0.15, 0.2) is 60.2 Å². The van der Waals surface area contributed by atoms with Gasteiger partial charge in [-0.05, 0) is 87.5 Å². The highest BCUT2D eigenvalue weighted by Gasteiger charge is 2.51. The molecule has 390 valence electrons. The lowest BCUT2D eigenvalue weighted by atomic mass is 9.88. The molecule has 7 N–H and O–H groups in total. The minimum absolute atomic E-state index is 0.00256. The molecular formula is C54H84N6O10. The van der Waals surface area contributed by atoms with Crippen LogP contribution in [0.2, 0.25) is 0 Å². The number of nitrogens with one attached hydrogen (secondary N) is 5. The van der Waals surface area contributed by atoms with E-state index in [9.17, 15) is 28.8 Å². The summed E-state index contributed by atoms with van der Waals surface area (Å²) in [6, 6.07) is 5.45. The van der Waals surface area contributed by atoms with Gasteiger partial charge < -0.3 is 51.3 Å². The number of carbonyl (C=O) groups is 6. The molecule has 9 atom stereocenters. The molecule has 3 fully saturated rings. The first-order valence-corrected chi connectivity index (χ1v) is 25.8. The van der Waals surface area contributed by atoms with Gasteiger partial charge in [-0.15, -0.1) is 0 Å². The predicted octanol–water partition coefficient (Wildman–Crippen LogP) is 8.10. The minimum atomic E-state index is -0.729. The number of epoxide rings is 1. The van der Waals surface area contributed by atoms with Crippen molar-refractivity contribution < 1.29 is 47.7 Å². The van der Waals surface area contributed by atoms with Crippen molar-refractivity contribution in [3.8, 4) is 0 Å².